The molecule has 7 heteroatoms. The first-order valence-corrected chi connectivity index (χ1v) is 7.58. The standard InChI is InChI=1S/C12H18N2O4S/c1-9(8-18-2)13-12(15)14-10-4-6-11(7-5-10)19(3,16)17/h4-7,9H,8H2,1-3H3,(H2,13,14,15). The van der Waals surface area contributed by atoms with Gasteiger partial charge in [0.2, 0.25) is 0 Å². The number of benzene rings is 1. The van der Waals surface area contributed by atoms with Crippen molar-refractivity contribution < 1.29 is 17.9 Å². The molecule has 0 heterocycles. The van der Waals surface area contributed by atoms with Crippen molar-refractivity contribution in [2.24, 2.45) is 0 Å². The first kappa shape index (κ1) is 15.5. The van der Waals surface area contributed by atoms with E-state index in [2.05, 4.69) is 10.6 Å². The number of hydrogen-bond acceptors (Lipinski definition) is 4. The Morgan fingerprint density at radius 1 is 1.32 bits per heavy atom. The molecular weight excluding hydrogens is 268 g/mol. The number of nitrogens with one attached hydrogen (secondary N) is 2. The number of carbonyl (C=O) groups is 1. The Morgan fingerprint density at radius 3 is 2.37 bits per heavy atom. The van der Waals surface area contributed by atoms with Gasteiger partial charge in [-0.05, 0) is 31.2 Å². The molecule has 2 N–H and O–H groups in total. The summed E-state index contributed by atoms with van der Waals surface area (Å²) in [6.45, 7) is 2.23. The van der Waals surface area contributed by atoms with Crippen molar-refractivity contribution in [1.82, 2.24) is 5.32 Å². The molecule has 0 aliphatic rings. The lowest BCUT2D eigenvalue weighted by molar-refractivity contribution is 0.173. The first-order chi connectivity index (χ1) is 8.82. The molecule has 1 atom stereocenters. The van der Waals surface area contributed by atoms with Gasteiger partial charge in [0.05, 0.1) is 17.5 Å². The third kappa shape index (κ3) is 5.27. The van der Waals surface area contributed by atoms with E-state index in [1.165, 1.54) is 24.3 Å². The Hall–Kier alpha value is -1.60. The molecule has 1 rings (SSSR count). The van der Waals surface area contributed by atoms with E-state index in [9.17, 15) is 13.2 Å². The van der Waals surface area contributed by atoms with Crippen LogP contribution >= 0.6 is 0 Å². The van der Waals surface area contributed by atoms with Crippen LogP contribution in [-0.2, 0) is 14.6 Å². The lowest BCUT2D eigenvalue weighted by Crippen LogP contribution is -2.38. The van der Waals surface area contributed by atoms with Gasteiger partial charge in [-0.3, -0.25) is 0 Å². The number of amides is 2. The smallest absolute Gasteiger partial charge is 0.319 e. The van der Waals surface area contributed by atoms with E-state index < -0.39 is 9.84 Å². The monoisotopic (exact) mass is 286 g/mol. The SMILES string of the molecule is COCC(C)NC(=O)Nc1ccc(S(C)(=O)=O)cc1. The average molecular weight is 286 g/mol. The number of anilines is 1. The van der Waals surface area contributed by atoms with Crippen LogP contribution in [0.25, 0.3) is 0 Å². The van der Waals surface area contributed by atoms with Gasteiger partial charge in [0, 0.05) is 19.1 Å². The molecular formula is C12H18N2O4S. The van der Waals surface area contributed by atoms with E-state index in [-0.39, 0.29) is 17.0 Å². The first-order valence-electron chi connectivity index (χ1n) is 5.69. The van der Waals surface area contributed by atoms with E-state index >= 15 is 0 Å². The van der Waals surface area contributed by atoms with Crippen LogP contribution in [0, 0.1) is 0 Å². The largest absolute Gasteiger partial charge is 0.383 e. The predicted molar refractivity (Wildman–Crippen MR) is 73.0 cm³/mol. The van der Waals surface area contributed by atoms with E-state index in [4.69, 9.17) is 4.74 Å². The van der Waals surface area contributed by atoms with Gasteiger partial charge in [0.15, 0.2) is 9.84 Å². The van der Waals surface area contributed by atoms with Crippen molar-refractivity contribution in [3.05, 3.63) is 24.3 Å². The quantitative estimate of drug-likeness (QED) is 0.853. The molecule has 1 aromatic carbocycles. The maximum absolute atomic E-state index is 11.6. The topological polar surface area (TPSA) is 84.5 Å². The van der Waals surface area contributed by atoms with Crippen LogP contribution in [0.2, 0.25) is 0 Å². The summed E-state index contributed by atoms with van der Waals surface area (Å²) in [4.78, 5) is 11.8. The minimum atomic E-state index is -3.22. The molecule has 0 aliphatic heterocycles. The average Bonchev–Trinajstić information content (AvgIpc) is 2.28. The third-order valence-electron chi connectivity index (χ3n) is 2.33. The fourth-order valence-electron chi connectivity index (χ4n) is 1.47. The van der Waals surface area contributed by atoms with Gasteiger partial charge in [-0.25, -0.2) is 13.2 Å². The maximum atomic E-state index is 11.6. The van der Waals surface area contributed by atoms with Crippen LogP contribution in [0.1, 0.15) is 6.92 Å². The molecule has 106 valence electrons. The van der Waals surface area contributed by atoms with Gasteiger partial charge in [-0.15, -0.1) is 0 Å². The second-order valence-electron chi connectivity index (χ2n) is 4.25. The molecule has 0 radical (unpaired) electrons. The predicted octanol–water partition coefficient (Wildman–Crippen LogP) is 1.25. The summed E-state index contributed by atoms with van der Waals surface area (Å²) in [5.74, 6) is 0. The summed E-state index contributed by atoms with van der Waals surface area (Å²) in [7, 11) is -1.66. The molecule has 1 aromatic rings. The van der Waals surface area contributed by atoms with Crippen molar-refractivity contribution in [3.8, 4) is 0 Å². The van der Waals surface area contributed by atoms with Gasteiger partial charge in [-0.2, -0.15) is 0 Å². The highest BCUT2D eigenvalue weighted by atomic mass is 32.2. The lowest BCUT2D eigenvalue weighted by atomic mass is 10.3. The number of sulfone groups is 1. The zero-order valence-corrected chi connectivity index (χ0v) is 12.0. The summed E-state index contributed by atoms with van der Waals surface area (Å²) in [5, 5.41) is 5.29. The Bertz CT molecular complexity index is 525. The molecule has 0 saturated carbocycles. The molecule has 0 spiro atoms. The Balaban J connectivity index is 2.61. The minimum Gasteiger partial charge on any atom is -0.383 e. The number of carbonyl (C=O) groups excluding carboxylic acids is 1. The summed E-state index contributed by atoms with van der Waals surface area (Å²) >= 11 is 0. The van der Waals surface area contributed by atoms with Crippen LogP contribution in [0.5, 0.6) is 0 Å². The van der Waals surface area contributed by atoms with Crippen LogP contribution in [0.15, 0.2) is 29.2 Å². The number of rotatable bonds is 5. The molecule has 6 nitrogen and oxygen atoms in total. The van der Waals surface area contributed by atoms with Crippen molar-refractivity contribution in [2.45, 2.75) is 17.9 Å². The Labute approximate surface area is 113 Å². The number of hydrogen-bond donors (Lipinski definition) is 2. The molecule has 19 heavy (non-hydrogen) atoms. The molecule has 0 saturated heterocycles. The number of urea groups is 1. The minimum absolute atomic E-state index is 0.111. The zero-order valence-electron chi connectivity index (χ0n) is 11.1. The fourth-order valence-corrected chi connectivity index (χ4v) is 2.10. The van der Waals surface area contributed by atoms with Crippen LogP contribution in [-0.4, -0.2) is 40.5 Å². The molecule has 0 bridgehead atoms. The highest BCUT2D eigenvalue weighted by molar-refractivity contribution is 7.90. The van der Waals surface area contributed by atoms with E-state index in [1.807, 2.05) is 6.92 Å². The van der Waals surface area contributed by atoms with Gasteiger partial charge >= 0.3 is 6.03 Å². The normalized spacial score (nSPS) is 12.8. The zero-order chi connectivity index (χ0) is 14.5. The third-order valence-corrected chi connectivity index (χ3v) is 3.46. The van der Waals surface area contributed by atoms with E-state index in [0.29, 0.717) is 12.3 Å². The Morgan fingerprint density at radius 2 is 1.89 bits per heavy atom. The lowest BCUT2D eigenvalue weighted by Gasteiger charge is -2.13. The van der Waals surface area contributed by atoms with Crippen LogP contribution in [0.3, 0.4) is 0 Å². The molecule has 1 unspecified atom stereocenters. The summed E-state index contributed by atoms with van der Waals surface area (Å²) < 4.78 is 27.4. The second kappa shape index (κ2) is 6.53. The number of methoxy groups -OCH3 is 1. The van der Waals surface area contributed by atoms with Crippen molar-refractivity contribution in [2.75, 3.05) is 25.3 Å². The van der Waals surface area contributed by atoms with E-state index in [1.54, 1.807) is 7.11 Å². The van der Waals surface area contributed by atoms with Gasteiger partial charge in [0.1, 0.15) is 0 Å². The fraction of sp³-hybridized carbons (Fsp3) is 0.417. The molecule has 2 amide bonds. The van der Waals surface area contributed by atoms with Crippen molar-refractivity contribution in [3.63, 3.8) is 0 Å². The summed E-state index contributed by atoms with van der Waals surface area (Å²) in [5.41, 5.74) is 0.523. The molecule has 0 aliphatic carbocycles. The van der Waals surface area contributed by atoms with Crippen LogP contribution in [0.4, 0.5) is 10.5 Å². The molecule has 0 fully saturated rings. The van der Waals surface area contributed by atoms with Gasteiger partial charge in [0.25, 0.3) is 0 Å². The van der Waals surface area contributed by atoms with E-state index in [0.717, 1.165) is 6.26 Å². The summed E-state index contributed by atoms with van der Waals surface area (Å²) in [6.07, 6.45) is 1.13. The Kier molecular flexibility index (Phi) is 5.31. The highest BCUT2D eigenvalue weighted by Gasteiger charge is 2.09. The number of ether oxygens (including phenoxy) is 1. The summed E-state index contributed by atoms with van der Waals surface area (Å²) in [6, 6.07) is 5.50. The maximum Gasteiger partial charge on any atom is 0.319 e. The molecule has 0 aromatic heterocycles. The highest BCUT2D eigenvalue weighted by Crippen LogP contribution is 2.13. The van der Waals surface area contributed by atoms with Crippen molar-refractivity contribution in [1.29, 1.82) is 0 Å². The second-order valence-corrected chi connectivity index (χ2v) is 6.27. The van der Waals surface area contributed by atoms with Crippen molar-refractivity contribution >= 4 is 21.6 Å². The van der Waals surface area contributed by atoms with Gasteiger partial charge < -0.3 is 15.4 Å². The van der Waals surface area contributed by atoms with Gasteiger partial charge in [-0.1, -0.05) is 0 Å². The van der Waals surface area contributed by atoms with Crippen LogP contribution < -0.4 is 10.6 Å².